The maximum Gasteiger partial charge on any atom is 0.231 e. The van der Waals surface area contributed by atoms with Gasteiger partial charge in [0.25, 0.3) is 0 Å². The Labute approximate surface area is 139 Å². The van der Waals surface area contributed by atoms with Gasteiger partial charge in [0.15, 0.2) is 5.13 Å². The summed E-state index contributed by atoms with van der Waals surface area (Å²) in [4.78, 5) is 19.3. The lowest BCUT2D eigenvalue weighted by molar-refractivity contribution is -0.119. The summed E-state index contributed by atoms with van der Waals surface area (Å²) in [7, 11) is 0. The van der Waals surface area contributed by atoms with Gasteiger partial charge in [-0.05, 0) is 37.0 Å². The molecule has 3 nitrogen and oxygen atoms in total. The molecule has 2 aromatic carbocycles. The van der Waals surface area contributed by atoms with Gasteiger partial charge in [-0.2, -0.15) is 0 Å². The summed E-state index contributed by atoms with van der Waals surface area (Å²) >= 11 is 1.61. The molecule has 1 saturated carbocycles. The van der Waals surface area contributed by atoms with E-state index in [0.717, 1.165) is 34.6 Å². The number of rotatable bonds is 5. The summed E-state index contributed by atoms with van der Waals surface area (Å²) in [6.45, 7) is 0.694. The van der Waals surface area contributed by atoms with Gasteiger partial charge >= 0.3 is 0 Å². The van der Waals surface area contributed by atoms with E-state index in [4.69, 9.17) is 0 Å². The Morgan fingerprint density at radius 2 is 1.83 bits per heavy atom. The summed E-state index contributed by atoms with van der Waals surface area (Å²) in [6.07, 6.45) is 2.90. The predicted octanol–water partition coefficient (Wildman–Crippen LogP) is 4.28. The Kier molecular flexibility index (Phi) is 3.83. The van der Waals surface area contributed by atoms with Crippen LogP contribution >= 0.6 is 11.3 Å². The standard InChI is InChI=1S/C19H18N2OS/c22-18(15-10-11-15)21(13-12-14-6-2-1-3-7-14)19-20-16-8-4-5-9-17(16)23-19/h1-9,15H,10-13H2. The first-order chi connectivity index (χ1) is 11.3. The van der Waals surface area contributed by atoms with Crippen molar-refractivity contribution in [2.24, 2.45) is 5.92 Å². The van der Waals surface area contributed by atoms with Crippen LogP contribution in [0.3, 0.4) is 0 Å². The van der Waals surface area contributed by atoms with Crippen molar-refractivity contribution in [3.8, 4) is 0 Å². The minimum absolute atomic E-state index is 0.206. The molecule has 0 saturated heterocycles. The molecule has 0 unspecified atom stereocenters. The fourth-order valence-corrected chi connectivity index (χ4v) is 3.71. The number of fused-ring (bicyclic) bond motifs is 1. The highest BCUT2D eigenvalue weighted by molar-refractivity contribution is 7.22. The van der Waals surface area contributed by atoms with Crippen LogP contribution in [0.15, 0.2) is 54.6 Å². The third-order valence-electron chi connectivity index (χ3n) is 4.17. The predicted molar refractivity (Wildman–Crippen MR) is 94.8 cm³/mol. The van der Waals surface area contributed by atoms with Gasteiger partial charge < -0.3 is 0 Å². The van der Waals surface area contributed by atoms with E-state index < -0.39 is 0 Å². The van der Waals surface area contributed by atoms with Crippen molar-refractivity contribution < 1.29 is 4.79 Å². The van der Waals surface area contributed by atoms with Crippen LogP contribution in [0.2, 0.25) is 0 Å². The molecule has 4 rings (SSSR count). The molecular weight excluding hydrogens is 304 g/mol. The molecule has 0 aliphatic heterocycles. The Hall–Kier alpha value is -2.20. The summed E-state index contributed by atoms with van der Waals surface area (Å²) in [5, 5.41) is 0.832. The SMILES string of the molecule is O=C(C1CC1)N(CCc1ccccc1)c1nc2ccccc2s1. The minimum Gasteiger partial charge on any atom is -0.288 e. The molecule has 1 aliphatic rings. The molecule has 23 heavy (non-hydrogen) atoms. The van der Waals surface area contributed by atoms with Crippen molar-refractivity contribution in [3.63, 3.8) is 0 Å². The van der Waals surface area contributed by atoms with Crippen molar-refractivity contribution >= 4 is 32.6 Å². The fraction of sp³-hybridized carbons (Fsp3) is 0.263. The average molecular weight is 322 g/mol. The van der Waals surface area contributed by atoms with Gasteiger partial charge in [-0.3, -0.25) is 9.69 Å². The monoisotopic (exact) mass is 322 g/mol. The van der Waals surface area contributed by atoms with Crippen LogP contribution in [-0.4, -0.2) is 17.4 Å². The first-order valence-corrected chi connectivity index (χ1v) is 8.84. The molecule has 0 bridgehead atoms. The molecule has 1 aliphatic carbocycles. The first-order valence-electron chi connectivity index (χ1n) is 8.02. The highest BCUT2D eigenvalue weighted by Crippen LogP contribution is 2.35. The average Bonchev–Trinajstić information content (AvgIpc) is 3.35. The molecule has 4 heteroatoms. The topological polar surface area (TPSA) is 33.2 Å². The third kappa shape index (κ3) is 3.13. The second-order valence-corrected chi connectivity index (χ2v) is 6.97. The molecule has 0 spiro atoms. The largest absolute Gasteiger partial charge is 0.288 e. The van der Waals surface area contributed by atoms with Crippen LogP contribution in [0.25, 0.3) is 10.2 Å². The number of hydrogen-bond donors (Lipinski definition) is 0. The maximum atomic E-state index is 12.7. The Balaban J connectivity index is 1.60. The van der Waals surface area contributed by atoms with Crippen LogP contribution < -0.4 is 4.90 Å². The molecular formula is C19H18N2OS. The third-order valence-corrected chi connectivity index (χ3v) is 5.23. The smallest absolute Gasteiger partial charge is 0.231 e. The lowest BCUT2D eigenvalue weighted by Crippen LogP contribution is -2.34. The zero-order valence-corrected chi connectivity index (χ0v) is 13.6. The number of anilines is 1. The molecule has 1 heterocycles. The van der Waals surface area contributed by atoms with Gasteiger partial charge in [0.05, 0.1) is 10.2 Å². The summed E-state index contributed by atoms with van der Waals surface area (Å²) in [5.41, 5.74) is 2.23. The maximum absolute atomic E-state index is 12.7. The number of carbonyl (C=O) groups is 1. The van der Waals surface area contributed by atoms with Crippen LogP contribution in [0.1, 0.15) is 18.4 Å². The van der Waals surface area contributed by atoms with Gasteiger partial charge in [0.2, 0.25) is 5.91 Å². The van der Waals surface area contributed by atoms with Crippen LogP contribution in [0.4, 0.5) is 5.13 Å². The van der Waals surface area contributed by atoms with Crippen molar-refractivity contribution in [2.45, 2.75) is 19.3 Å². The van der Waals surface area contributed by atoms with Gasteiger partial charge in [-0.1, -0.05) is 53.8 Å². The van der Waals surface area contributed by atoms with E-state index in [1.807, 2.05) is 41.3 Å². The van der Waals surface area contributed by atoms with Gasteiger partial charge in [0, 0.05) is 12.5 Å². The van der Waals surface area contributed by atoms with Crippen molar-refractivity contribution in [1.29, 1.82) is 0 Å². The second kappa shape index (κ2) is 6.13. The van der Waals surface area contributed by atoms with E-state index in [9.17, 15) is 4.79 Å². The lowest BCUT2D eigenvalue weighted by Gasteiger charge is -2.19. The van der Waals surface area contributed by atoms with E-state index in [-0.39, 0.29) is 11.8 Å². The summed E-state index contributed by atoms with van der Waals surface area (Å²) in [5.74, 6) is 0.442. The van der Waals surface area contributed by atoms with Crippen molar-refractivity contribution in [1.82, 2.24) is 4.98 Å². The number of para-hydroxylation sites is 1. The van der Waals surface area contributed by atoms with E-state index in [1.165, 1.54) is 5.56 Å². The molecule has 0 atom stereocenters. The Morgan fingerprint density at radius 1 is 1.09 bits per heavy atom. The number of carbonyl (C=O) groups excluding carboxylic acids is 1. The van der Waals surface area contributed by atoms with Crippen LogP contribution in [-0.2, 0) is 11.2 Å². The zero-order valence-electron chi connectivity index (χ0n) is 12.8. The highest BCUT2D eigenvalue weighted by Gasteiger charge is 2.35. The number of amides is 1. The Bertz CT molecular complexity index is 791. The van der Waals surface area contributed by atoms with Crippen LogP contribution in [0.5, 0.6) is 0 Å². The zero-order chi connectivity index (χ0) is 15.6. The van der Waals surface area contributed by atoms with Crippen molar-refractivity contribution in [2.75, 3.05) is 11.4 Å². The van der Waals surface area contributed by atoms with Gasteiger partial charge in [0.1, 0.15) is 0 Å². The van der Waals surface area contributed by atoms with Crippen LogP contribution in [0, 0.1) is 5.92 Å². The Morgan fingerprint density at radius 3 is 2.57 bits per heavy atom. The van der Waals surface area contributed by atoms with E-state index in [0.29, 0.717) is 6.54 Å². The molecule has 3 aromatic rings. The summed E-state index contributed by atoms with van der Waals surface area (Å²) in [6, 6.07) is 18.4. The number of hydrogen-bond acceptors (Lipinski definition) is 3. The summed E-state index contributed by atoms with van der Waals surface area (Å²) < 4.78 is 1.14. The second-order valence-electron chi connectivity index (χ2n) is 5.96. The quantitative estimate of drug-likeness (QED) is 0.702. The van der Waals surface area contributed by atoms with E-state index >= 15 is 0 Å². The van der Waals surface area contributed by atoms with Gasteiger partial charge in [-0.15, -0.1) is 0 Å². The molecule has 0 radical (unpaired) electrons. The number of thiazole rings is 1. The number of aromatic nitrogens is 1. The first kappa shape index (κ1) is 14.4. The lowest BCUT2D eigenvalue weighted by atomic mass is 10.1. The van der Waals surface area contributed by atoms with Crippen molar-refractivity contribution in [3.05, 3.63) is 60.2 Å². The molecule has 1 amide bonds. The molecule has 1 fully saturated rings. The molecule has 1 aromatic heterocycles. The number of nitrogens with zero attached hydrogens (tertiary/aromatic N) is 2. The number of benzene rings is 2. The molecule has 0 N–H and O–H groups in total. The fourth-order valence-electron chi connectivity index (χ4n) is 2.71. The van der Waals surface area contributed by atoms with E-state index in [2.05, 4.69) is 23.2 Å². The molecule has 116 valence electrons. The highest BCUT2D eigenvalue weighted by atomic mass is 32.1. The van der Waals surface area contributed by atoms with Gasteiger partial charge in [-0.25, -0.2) is 4.98 Å². The normalized spacial score (nSPS) is 14.1. The van der Waals surface area contributed by atoms with E-state index in [1.54, 1.807) is 11.3 Å². The minimum atomic E-state index is 0.206.